The molecule has 3 aromatic rings. The fourth-order valence-corrected chi connectivity index (χ4v) is 2.67. The number of halogens is 1. The zero-order chi connectivity index (χ0) is 16.4. The smallest absolute Gasteiger partial charge is 0.228 e. The Morgan fingerprint density at radius 1 is 1.17 bits per heavy atom. The molecule has 116 valence electrons. The molecule has 23 heavy (non-hydrogen) atoms. The van der Waals surface area contributed by atoms with Gasteiger partial charge in [0.25, 0.3) is 0 Å². The Morgan fingerprint density at radius 2 is 2.00 bits per heavy atom. The van der Waals surface area contributed by atoms with Crippen molar-refractivity contribution >= 4 is 39.9 Å². The maximum atomic E-state index is 12.2. The van der Waals surface area contributed by atoms with Gasteiger partial charge < -0.3 is 10.3 Å². The molecule has 0 radical (unpaired) electrons. The van der Waals surface area contributed by atoms with Crippen LogP contribution in [-0.2, 0) is 11.2 Å². The number of carbonyl (C=O) groups is 2. The maximum absolute atomic E-state index is 12.2. The molecule has 2 aromatic carbocycles. The van der Waals surface area contributed by atoms with Crippen LogP contribution in [0.3, 0.4) is 0 Å². The lowest BCUT2D eigenvalue weighted by Crippen LogP contribution is -2.14. The van der Waals surface area contributed by atoms with Crippen LogP contribution >= 0.6 is 11.6 Å². The van der Waals surface area contributed by atoms with Gasteiger partial charge in [-0.2, -0.15) is 0 Å². The number of benzene rings is 2. The van der Waals surface area contributed by atoms with Crippen LogP contribution in [0.25, 0.3) is 10.9 Å². The molecule has 3 rings (SSSR count). The van der Waals surface area contributed by atoms with E-state index in [4.69, 9.17) is 11.6 Å². The van der Waals surface area contributed by atoms with Crippen LogP contribution in [0.1, 0.15) is 22.8 Å². The number of fused-ring (bicyclic) bond motifs is 1. The molecule has 1 aromatic heterocycles. The lowest BCUT2D eigenvalue weighted by atomic mass is 10.1. The molecule has 0 unspecified atom stereocenters. The summed E-state index contributed by atoms with van der Waals surface area (Å²) in [6.07, 6.45) is 2.05. The Labute approximate surface area is 138 Å². The molecule has 0 bridgehead atoms. The molecule has 0 spiro atoms. The van der Waals surface area contributed by atoms with Gasteiger partial charge in [0, 0.05) is 33.4 Å². The SMILES string of the molecule is CC(=O)c1cccc(NC(=O)Cc2c[nH]c3cc(Cl)ccc23)c1. The molecule has 0 saturated carbocycles. The number of H-pyrrole nitrogens is 1. The molecule has 0 fully saturated rings. The number of nitrogens with one attached hydrogen (secondary N) is 2. The van der Waals surface area contributed by atoms with E-state index in [1.165, 1.54) is 6.92 Å². The van der Waals surface area contributed by atoms with Gasteiger partial charge in [-0.25, -0.2) is 0 Å². The van der Waals surface area contributed by atoms with Crippen molar-refractivity contribution in [1.82, 2.24) is 4.98 Å². The van der Waals surface area contributed by atoms with E-state index in [1.54, 1.807) is 30.3 Å². The number of anilines is 1. The number of hydrogen-bond donors (Lipinski definition) is 2. The van der Waals surface area contributed by atoms with Crippen LogP contribution in [0.5, 0.6) is 0 Å². The Balaban J connectivity index is 1.76. The topological polar surface area (TPSA) is 62.0 Å². The second kappa shape index (κ2) is 6.26. The molecule has 0 saturated heterocycles. The van der Waals surface area contributed by atoms with Crippen molar-refractivity contribution in [1.29, 1.82) is 0 Å². The largest absolute Gasteiger partial charge is 0.361 e. The number of hydrogen-bond acceptors (Lipinski definition) is 2. The van der Waals surface area contributed by atoms with Crippen molar-refractivity contribution < 1.29 is 9.59 Å². The van der Waals surface area contributed by atoms with Crippen LogP contribution in [0.4, 0.5) is 5.69 Å². The summed E-state index contributed by atoms with van der Waals surface area (Å²) in [5.74, 6) is -0.170. The van der Waals surface area contributed by atoms with E-state index >= 15 is 0 Å². The first-order valence-corrected chi connectivity index (χ1v) is 7.57. The third-order valence-electron chi connectivity index (χ3n) is 3.63. The summed E-state index contributed by atoms with van der Waals surface area (Å²) in [7, 11) is 0. The number of aromatic amines is 1. The second-order valence-corrected chi connectivity index (χ2v) is 5.80. The van der Waals surface area contributed by atoms with E-state index in [0.29, 0.717) is 16.3 Å². The van der Waals surface area contributed by atoms with Gasteiger partial charge in [0.15, 0.2) is 5.78 Å². The number of Topliss-reactive ketones (excluding diaryl/α,β-unsaturated/α-hetero) is 1. The highest BCUT2D eigenvalue weighted by Crippen LogP contribution is 2.22. The molecular weight excluding hydrogens is 312 g/mol. The van der Waals surface area contributed by atoms with Crippen molar-refractivity contribution in [3.05, 3.63) is 64.8 Å². The number of carbonyl (C=O) groups excluding carboxylic acids is 2. The van der Waals surface area contributed by atoms with Crippen molar-refractivity contribution in [2.45, 2.75) is 13.3 Å². The second-order valence-electron chi connectivity index (χ2n) is 5.37. The molecule has 0 aliphatic rings. The molecule has 1 heterocycles. The summed E-state index contributed by atoms with van der Waals surface area (Å²) < 4.78 is 0. The Kier molecular flexibility index (Phi) is 4.17. The maximum Gasteiger partial charge on any atom is 0.228 e. The van der Waals surface area contributed by atoms with Gasteiger partial charge in [0.05, 0.1) is 6.42 Å². The van der Waals surface area contributed by atoms with Crippen LogP contribution in [0, 0.1) is 0 Å². The number of ketones is 1. The highest BCUT2D eigenvalue weighted by atomic mass is 35.5. The van der Waals surface area contributed by atoms with Gasteiger partial charge in [-0.05, 0) is 36.8 Å². The van der Waals surface area contributed by atoms with Gasteiger partial charge in [0.1, 0.15) is 0 Å². The summed E-state index contributed by atoms with van der Waals surface area (Å²) in [5.41, 5.74) is 2.99. The van der Waals surface area contributed by atoms with Gasteiger partial charge in [-0.15, -0.1) is 0 Å². The summed E-state index contributed by atoms with van der Waals surface area (Å²) in [6, 6.07) is 12.4. The Morgan fingerprint density at radius 3 is 2.78 bits per heavy atom. The number of amides is 1. The van der Waals surface area contributed by atoms with E-state index < -0.39 is 0 Å². The van der Waals surface area contributed by atoms with Crippen LogP contribution < -0.4 is 5.32 Å². The van der Waals surface area contributed by atoms with Crippen LogP contribution in [0.15, 0.2) is 48.7 Å². The molecule has 0 aliphatic carbocycles. The molecule has 5 heteroatoms. The van der Waals surface area contributed by atoms with E-state index in [2.05, 4.69) is 10.3 Å². The Bertz CT molecular complexity index is 899. The van der Waals surface area contributed by atoms with Crippen molar-refractivity contribution in [3.63, 3.8) is 0 Å². The average molecular weight is 327 g/mol. The van der Waals surface area contributed by atoms with Crippen molar-refractivity contribution in [2.75, 3.05) is 5.32 Å². The quantitative estimate of drug-likeness (QED) is 0.706. The first-order valence-electron chi connectivity index (χ1n) is 7.19. The first-order chi connectivity index (χ1) is 11.0. The van der Waals surface area contributed by atoms with Gasteiger partial charge in [-0.3, -0.25) is 9.59 Å². The molecular formula is C18H15ClN2O2. The lowest BCUT2D eigenvalue weighted by molar-refractivity contribution is -0.115. The Hall–Kier alpha value is -2.59. The average Bonchev–Trinajstić information content (AvgIpc) is 2.89. The predicted octanol–water partition coefficient (Wildman–Crippen LogP) is 4.21. The van der Waals surface area contributed by atoms with Crippen molar-refractivity contribution in [3.8, 4) is 0 Å². The minimum absolute atomic E-state index is 0.0328. The summed E-state index contributed by atoms with van der Waals surface area (Å²) in [4.78, 5) is 26.7. The summed E-state index contributed by atoms with van der Waals surface area (Å²) in [6.45, 7) is 1.50. The fraction of sp³-hybridized carbons (Fsp3) is 0.111. The highest BCUT2D eigenvalue weighted by Gasteiger charge is 2.10. The van der Waals surface area contributed by atoms with Crippen LogP contribution in [-0.4, -0.2) is 16.7 Å². The van der Waals surface area contributed by atoms with E-state index in [9.17, 15) is 9.59 Å². The molecule has 4 nitrogen and oxygen atoms in total. The van der Waals surface area contributed by atoms with Crippen LogP contribution in [0.2, 0.25) is 5.02 Å². The number of rotatable bonds is 4. The van der Waals surface area contributed by atoms with Gasteiger partial charge >= 0.3 is 0 Å². The summed E-state index contributed by atoms with van der Waals surface area (Å²) >= 11 is 5.95. The van der Waals surface area contributed by atoms with E-state index in [1.807, 2.05) is 18.3 Å². The predicted molar refractivity (Wildman–Crippen MR) is 92.1 cm³/mol. The normalized spacial score (nSPS) is 10.7. The lowest BCUT2D eigenvalue weighted by Gasteiger charge is -2.06. The molecule has 0 atom stereocenters. The number of aromatic nitrogens is 1. The minimum Gasteiger partial charge on any atom is -0.361 e. The van der Waals surface area contributed by atoms with Crippen molar-refractivity contribution in [2.24, 2.45) is 0 Å². The summed E-state index contributed by atoms with van der Waals surface area (Å²) in [5, 5.41) is 4.44. The third-order valence-corrected chi connectivity index (χ3v) is 3.87. The third kappa shape index (κ3) is 3.43. The van der Waals surface area contributed by atoms with E-state index in [0.717, 1.165) is 16.5 Å². The monoisotopic (exact) mass is 326 g/mol. The molecule has 1 amide bonds. The zero-order valence-electron chi connectivity index (χ0n) is 12.5. The standard InChI is InChI=1S/C18H15ClN2O2/c1-11(22)12-3-2-4-15(7-12)21-18(23)8-13-10-20-17-9-14(19)5-6-16(13)17/h2-7,9-10,20H,8H2,1H3,(H,21,23). The van der Waals surface area contributed by atoms with Gasteiger partial charge in [-0.1, -0.05) is 29.8 Å². The molecule has 0 aliphatic heterocycles. The fourth-order valence-electron chi connectivity index (χ4n) is 2.50. The van der Waals surface area contributed by atoms with Gasteiger partial charge in [0.2, 0.25) is 5.91 Å². The van der Waals surface area contributed by atoms with E-state index in [-0.39, 0.29) is 18.1 Å². The minimum atomic E-state index is -0.137. The molecule has 2 N–H and O–H groups in total. The zero-order valence-corrected chi connectivity index (χ0v) is 13.3. The highest BCUT2D eigenvalue weighted by molar-refractivity contribution is 6.31. The first kappa shape index (κ1) is 15.3.